The smallest absolute Gasteiger partial charge is 0.0574 e. The zero-order valence-corrected chi connectivity index (χ0v) is 12.3. The molecule has 19 heavy (non-hydrogen) atoms. The van der Waals surface area contributed by atoms with Crippen LogP contribution in [0.3, 0.4) is 0 Å². The molecule has 0 aromatic heterocycles. The Morgan fingerprint density at radius 2 is 1.95 bits per heavy atom. The van der Waals surface area contributed by atoms with Crippen LogP contribution in [-0.2, 0) is 6.42 Å². The third kappa shape index (κ3) is 1.80. The van der Waals surface area contributed by atoms with E-state index in [1.807, 2.05) is 0 Å². The van der Waals surface area contributed by atoms with Crippen molar-refractivity contribution < 1.29 is 0 Å². The van der Waals surface area contributed by atoms with E-state index in [4.69, 9.17) is 5.73 Å². The van der Waals surface area contributed by atoms with Crippen molar-refractivity contribution in [1.82, 2.24) is 0 Å². The maximum Gasteiger partial charge on any atom is 0.0574 e. The van der Waals surface area contributed by atoms with E-state index in [1.54, 1.807) is 0 Å². The van der Waals surface area contributed by atoms with Gasteiger partial charge in [0.25, 0.3) is 0 Å². The van der Waals surface area contributed by atoms with Crippen LogP contribution in [0.1, 0.15) is 45.1 Å². The van der Waals surface area contributed by atoms with Crippen molar-refractivity contribution in [3.8, 4) is 0 Å². The van der Waals surface area contributed by atoms with Crippen LogP contribution in [0.5, 0.6) is 0 Å². The maximum absolute atomic E-state index is 6.29. The number of rotatable bonds is 2. The summed E-state index contributed by atoms with van der Waals surface area (Å²) in [7, 11) is 0. The fourth-order valence-electron chi connectivity index (χ4n) is 4.36. The van der Waals surface area contributed by atoms with Crippen molar-refractivity contribution in [3.63, 3.8) is 0 Å². The fourth-order valence-corrected chi connectivity index (χ4v) is 4.36. The molecule has 0 radical (unpaired) electrons. The molecule has 1 aromatic carbocycles. The Labute approximate surface area is 117 Å². The fraction of sp³-hybridized carbons (Fsp3) is 0.647. The van der Waals surface area contributed by atoms with Gasteiger partial charge in [0, 0.05) is 18.8 Å². The molecule has 1 aromatic rings. The van der Waals surface area contributed by atoms with Gasteiger partial charge in [0.15, 0.2) is 0 Å². The van der Waals surface area contributed by atoms with Gasteiger partial charge in [-0.1, -0.05) is 38.5 Å². The lowest BCUT2D eigenvalue weighted by Crippen LogP contribution is -2.61. The van der Waals surface area contributed by atoms with E-state index in [2.05, 4.69) is 43.0 Å². The summed E-state index contributed by atoms with van der Waals surface area (Å²) in [5.74, 6) is 0. The molecule has 0 bridgehead atoms. The van der Waals surface area contributed by atoms with Crippen LogP contribution < -0.4 is 10.6 Å². The quantitative estimate of drug-likeness (QED) is 0.881. The monoisotopic (exact) mass is 258 g/mol. The van der Waals surface area contributed by atoms with E-state index in [9.17, 15) is 0 Å². The van der Waals surface area contributed by atoms with Crippen molar-refractivity contribution in [1.29, 1.82) is 0 Å². The highest BCUT2D eigenvalue weighted by molar-refractivity contribution is 5.58. The average molecular weight is 258 g/mol. The highest BCUT2D eigenvalue weighted by Crippen LogP contribution is 2.51. The molecular formula is C17H26N2. The summed E-state index contributed by atoms with van der Waals surface area (Å²) in [6.07, 6.45) is 6.32. The number of aryl methyl sites for hydroxylation is 1. The van der Waals surface area contributed by atoms with Gasteiger partial charge in [-0.25, -0.2) is 0 Å². The second kappa shape index (κ2) is 4.52. The van der Waals surface area contributed by atoms with Crippen molar-refractivity contribution in [2.75, 3.05) is 18.0 Å². The first-order chi connectivity index (χ1) is 9.11. The molecule has 1 unspecified atom stereocenters. The Morgan fingerprint density at radius 1 is 1.16 bits per heavy atom. The predicted octanol–water partition coefficient (Wildman–Crippen LogP) is 3.35. The minimum absolute atomic E-state index is 0.156. The molecule has 104 valence electrons. The lowest BCUT2D eigenvalue weighted by molar-refractivity contribution is 0.197. The second-order valence-corrected chi connectivity index (χ2v) is 6.86. The lowest BCUT2D eigenvalue weighted by Gasteiger charge is -2.52. The minimum atomic E-state index is 0.156. The standard InChI is InChI=1S/C17H26N2/c1-16(2)10-6-11-17(16,13-18)19-12-5-8-14-7-3-4-9-15(14)19/h3-4,7,9H,5-6,8,10-13,18H2,1-2H3. The third-order valence-corrected chi connectivity index (χ3v) is 5.62. The highest BCUT2D eigenvalue weighted by atomic mass is 15.2. The first-order valence-electron chi connectivity index (χ1n) is 7.66. The molecule has 2 nitrogen and oxygen atoms in total. The van der Waals surface area contributed by atoms with Crippen molar-refractivity contribution >= 4 is 5.69 Å². The SMILES string of the molecule is CC1(C)CCCC1(CN)N1CCCc2ccccc21. The van der Waals surface area contributed by atoms with E-state index < -0.39 is 0 Å². The summed E-state index contributed by atoms with van der Waals surface area (Å²) < 4.78 is 0. The van der Waals surface area contributed by atoms with Crippen LogP contribution in [-0.4, -0.2) is 18.6 Å². The summed E-state index contributed by atoms with van der Waals surface area (Å²) in [4.78, 5) is 2.65. The van der Waals surface area contributed by atoms with E-state index >= 15 is 0 Å². The molecule has 1 aliphatic carbocycles. The normalized spacial score (nSPS) is 29.3. The molecule has 0 spiro atoms. The number of para-hydroxylation sites is 1. The zero-order valence-electron chi connectivity index (χ0n) is 12.3. The molecule has 1 saturated carbocycles. The molecule has 2 aliphatic rings. The van der Waals surface area contributed by atoms with Gasteiger partial charge in [-0.15, -0.1) is 0 Å². The molecule has 1 fully saturated rings. The first kappa shape index (κ1) is 13.0. The van der Waals surface area contributed by atoms with Crippen LogP contribution in [0, 0.1) is 5.41 Å². The van der Waals surface area contributed by atoms with Crippen LogP contribution >= 0.6 is 0 Å². The van der Waals surface area contributed by atoms with Crippen LogP contribution in [0.2, 0.25) is 0 Å². The molecule has 1 aliphatic heterocycles. The Hall–Kier alpha value is -1.02. The Balaban J connectivity index is 2.07. The first-order valence-corrected chi connectivity index (χ1v) is 7.66. The molecule has 2 N–H and O–H groups in total. The van der Waals surface area contributed by atoms with Gasteiger partial charge in [0.1, 0.15) is 0 Å². The predicted molar refractivity (Wildman–Crippen MR) is 81.5 cm³/mol. The van der Waals surface area contributed by atoms with Gasteiger partial charge < -0.3 is 10.6 Å². The number of hydrogen-bond donors (Lipinski definition) is 1. The number of nitrogens with two attached hydrogens (primary N) is 1. The van der Waals surface area contributed by atoms with Gasteiger partial charge in [-0.2, -0.15) is 0 Å². The summed E-state index contributed by atoms with van der Waals surface area (Å²) in [5.41, 5.74) is 9.70. The lowest BCUT2D eigenvalue weighted by atomic mass is 9.72. The second-order valence-electron chi connectivity index (χ2n) is 6.86. The van der Waals surface area contributed by atoms with Crippen molar-refractivity contribution in [2.24, 2.45) is 11.1 Å². The maximum atomic E-state index is 6.29. The highest BCUT2D eigenvalue weighted by Gasteiger charge is 2.52. The van der Waals surface area contributed by atoms with Crippen LogP contribution in [0.25, 0.3) is 0 Å². The number of anilines is 1. The summed E-state index contributed by atoms with van der Waals surface area (Å²) >= 11 is 0. The van der Waals surface area contributed by atoms with Crippen LogP contribution in [0.15, 0.2) is 24.3 Å². The minimum Gasteiger partial charge on any atom is -0.364 e. The summed E-state index contributed by atoms with van der Waals surface area (Å²) in [6.45, 7) is 6.75. The van der Waals surface area contributed by atoms with Gasteiger partial charge in [0.05, 0.1) is 5.54 Å². The average Bonchev–Trinajstić information content (AvgIpc) is 2.73. The molecule has 3 rings (SSSR count). The van der Waals surface area contributed by atoms with E-state index in [-0.39, 0.29) is 5.54 Å². The topological polar surface area (TPSA) is 29.3 Å². The molecule has 0 amide bonds. The Kier molecular flexibility index (Phi) is 3.09. The van der Waals surface area contributed by atoms with Gasteiger partial charge in [0.2, 0.25) is 0 Å². The van der Waals surface area contributed by atoms with Gasteiger partial charge in [-0.3, -0.25) is 0 Å². The van der Waals surface area contributed by atoms with Gasteiger partial charge in [-0.05, 0) is 42.7 Å². The van der Waals surface area contributed by atoms with E-state index in [1.165, 1.54) is 43.4 Å². The van der Waals surface area contributed by atoms with E-state index in [0.717, 1.165) is 13.1 Å². The largest absolute Gasteiger partial charge is 0.364 e. The third-order valence-electron chi connectivity index (χ3n) is 5.62. The molecule has 1 atom stereocenters. The van der Waals surface area contributed by atoms with E-state index in [0.29, 0.717) is 5.41 Å². The van der Waals surface area contributed by atoms with Crippen molar-refractivity contribution in [3.05, 3.63) is 29.8 Å². The molecule has 2 heteroatoms. The molecule has 1 heterocycles. The summed E-state index contributed by atoms with van der Waals surface area (Å²) in [5, 5.41) is 0. The number of benzene rings is 1. The van der Waals surface area contributed by atoms with Gasteiger partial charge >= 0.3 is 0 Å². The molecule has 0 saturated heterocycles. The summed E-state index contributed by atoms with van der Waals surface area (Å²) in [6, 6.07) is 8.91. The van der Waals surface area contributed by atoms with Crippen molar-refractivity contribution in [2.45, 2.75) is 51.5 Å². The zero-order chi connectivity index (χ0) is 13.5. The number of hydrogen-bond acceptors (Lipinski definition) is 2. The number of nitrogens with zero attached hydrogens (tertiary/aromatic N) is 1. The Morgan fingerprint density at radius 3 is 2.63 bits per heavy atom. The van der Waals surface area contributed by atoms with Crippen LogP contribution in [0.4, 0.5) is 5.69 Å². The Bertz CT molecular complexity index is 466. The number of fused-ring (bicyclic) bond motifs is 1. The molecular weight excluding hydrogens is 232 g/mol.